The molecule has 0 bridgehead atoms. The van der Waals surface area contributed by atoms with E-state index in [9.17, 15) is 8.42 Å². The molecule has 2 rings (SSSR count). The van der Waals surface area contributed by atoms with Gasteiger partial charge in [0.1, 0.15) is 5.75 Å². The number of ether oxygens (including phenoxy) is 1. The molecule has 0 atom stereocenters. The zero-order valence-corrected chi connectivity index (χ0v) is 13.8. The Morgan fingerprint density at radius 2 is 2.19 bits per heavy atom. The summed E-state index contributed by atoms with van der Waals surface area (Å²) in [6.07, 6.45) is 2.78. The lowest BCUT2D eigenvalue weighted by molar-refractivity contribution is 0.417. The number of nitrogens with one attached hydrogen (secondary N) is 2. The van der Waals surface area contributed by atoms with E-state index in [1.807, 2.05) is 0 Å². The second-order valence-corrected chi connectivity index (χ2v) is 7.67. The molecule has 1 aromatic carbocycles. The summed E-state index contributed by atoms with van der Waals surface area (Å²) in [6.45, 7) is 0.551. The van der Waals surface area contributed by atoms with Crippen LogP contribution in [0.1, 0.15) is 4.88 Å². The Hall–Kier alpha value is -1.51. The minimum atomic E-state index is -3.37. The van der Waals surface area contributed by atoms with E-state index in [0.717, 1.165) is 16.8 Å². The van der Waals surface area contributed by atoms with E-state index in [2.05, 4.69) is 15.0 Å². The number of hydrogen-bond acceptors (Lipinski definition) is 6. The number of thiazole rings is 1. The highest BCUT2D eigenvalue weighted by molar-refractivity contribution is 7.92. The lowest BCUT2D eigenvalue weighted by Gasteiger charge is -2.12. The Kier molecular flexibility index (Phi) is 4.92. The van der Waals surface area contributed by atoms with Crippen molar-refractivity contribution < 1.29 is 13.2 Å². The van der Waals surface area contributed by atoms with Gasteiger partial charge in [-0.15, -0.1) is 11.3 Å². The van der Waals surface area contributed by atoms with Gasteiger partial charge < -0.3 is 10.1 Å². The average molecular weight is 348 g/mol. The molecule has 0 aliphatic carbocycles. The number of benzene rings is 1. The van der Waals surface area contributed by atoms with Crippen LogP contribution in [-0.2, 0) is 16.6 Å². The number of halogens is 1. The third-order valence-electron chi connectivity index (χ3n) is 2.49. The van der Waals surface area contributed by atoms with Gasteiger partial charge in [-0.05, 0) is 18.2 Å². The van der Waals surface area contributed by atoms with Gasteiger partial charge in [0.2, 0.25) is 10.0 Å². The lowest BCUT2D eigenvalue weighted by Crippen LogP contribution is -2.11. The van der Waals surface area contributed by atoms with E-state index in [0.29, 0.717) is 22.4 Å². The molecule has 6 nitrogen and oxygen atoms in total. The molecule has 0 unspecified atom stereocenters. The largest absolute Gasteiger partial charge is 0.495 e. The van der Waals surface area contributed by atoms with Gasteiger partial charge in [0.25, 0.3) is 0 Å². The number of nitrogens with zero attached hydrogens (tertiary/aromatic N) is 1. The molecular formula is C12H14ClN3O3S2. The molecule has 0 aliphatic rings. The van der Waals surface area contributed by atoms with Crippen molar-refractivity contribution in [2.24, 2.45) is 0 Å². The highest BCUT2D eigenvalue weighted by Crippen LogP contribution is 2.29. The van der Waals surface area contributed by atoms with Gasteiger partial charge in [-0.25, -0.2) is 13.4 Å². The Morgan fingerprint density at radius 1 is 1.43 bits per heavy atom. The maximum Gasteiger partial charge on any atom is 0.229 e. The van der Waals surface area contributed by atoms with Gasteiger partial charge in [-0.3, -0.25) is 4.72 Å². The van der Waals surface area contributed by atoms with Crippen LogP contribution in [0.25, 0.3) is 0 Å². The first-order valence-electron chi connectivity index (χ1n) is 5.87. The summed E-state index contributed by atoms with van der Waals surface area (Å²) in [6, 6.07) is 5.16. The first-order valence-corrected chi connectivity index (χ1v) is 8.96. The Balaban J connectivity index is 2.15. The predicted molar refractivity (Wildman–Crippen MR) is 85.9 cm³/mol. The van der Waals surface area contributed by atoms with Crippen molar-refractivity contribution in [3.8, 4) is 5.75 Å². The number of rotatable bonds is 6. The van der Waals surface area contributed by atoms with Gasteiger partial charge in [0.15, 0.2) is 4.47 Å². The number of anilines is 2. The second kappa shape index (κ2) is 6.50. The molecule has 0 aliphatic heterocycles. The molecule has 0 amide bonds. The van der Waals surface area contributed by atoms with Crippen LogP contribution in [0.15, 0.2) is 24.4 Å². The molecule has 0 saturated heterocycles. The number of hydrogen-bond donors (Lipinski definition) is 2. The fourth-order valence-corrected chi connectivity index (χ4v) is 3.13. The normalized spacial score (nSPS) is 11.2. The smallest absolute Gasteiger partial charge is 0.229 e. The zero-order chi connectivity index (χ0) is 15.5. The summed E-state index contributed by atoms with van der Waals surface area (Å²) in [4.78, 5) is 4.93. The van der Waals surface area contributed by atoms with Crippen LogP contribution >= 0.6 is 22.9 Å². The third kappa shape index (κ3) is 4.76. The van der Waals surface area contributed by atoms with Gasteiger partial charge >= 0.3 is 0 Å². The van der Waals surface area contributed by atoms with Crippen molar-refractivity contribution in [1.82, 2.24) is 4.98 Å². The summed E-state index contributed by atoms with van der Waals surface area (Å²) in [5.41, 5.74) is 1.14. The zero-order valence-electron chi connectivity index (χ0n) is 11.4. The van der Waals surface area contributed by atoms with Crippen LogP contribution in [0.2, 0.25) is 4.47 Å². The van der Waals surface area contributed by atoms with Crippen molar-refractivity contribution in [2.45, 2.75) is 6.54 Å². The van der Waals surface area contributed by atoms with Crippen LogP contribution in [-0.4, -0.2) is 26.8 Å². The highest BCUT2D eigenvalue weighted by atomic mass is 35.5. The van der Waals surface area contributed by atoms with E-state index >= 15 is 0 Å². The maximum absolute atomic E-state index is 11.4. The first-order chi connectivity index (χ1) is 9.87. The maximum atomic E-state index is 11.4. The fraction of sp³-hybridized carbons (Fsp3) is 0.250. The summed E-state index contributed by atoms with van der Waals surface area (Å²) in [5, 5.41) is 3.17. The molecule has 0 saturated carbocycles. The van der Waals surface area contributed by atoms with Crippen LogP contribution in [0.3, 0.4) is 0 Å². The Morgan fingerprint density at radius 3 is 2.76 bits per heavy atom. The van der Waals surface area contributed by atoms with Crippen LogP contribution < -0.4 is 14.8 Å². The van der Waals surface area contributed by atoms with Crippen LogP contribution in [0, 0.1) is 0 Å². The molecule has 1 heterocycles. The van der Waals surface area contributed by atoms with Gasteiger partial charge in [0, 0.05) is 16.8 Å². The second-order valence-electron chi connectivity index (χ2n) is 4.22. The predicted octanol–water partition coefficient (Wildman–Crippen LogP) is 2.79. The Bertz CT molecular complexity index is 731. The van der Waals surface area contributed by atoms with Gasteiger partial charge in [-0.2, -0.15) is 0 Å². The van der Waals surface area contributed by atoms with E-state index in [-0.39, 0.29) is 0 Å². The highest BCUT2D eigenvalue weighted by Gasteiger charge is 2.09. The van der Waals surface area contributed by atoms with Crippen molar-refractivity contribution >= 4 is 44.3 Å². The summed E-state index contributed by atoms with van der Waals surface area (Å²) in [7, 11) is -1.89. The first kappa shape index (κ1) is 15.9. The standard InChI is InChI=1S/C12H14ClN3O3S2/c1-19-11-4-3-8(5-10(11)16-21(2,17)18)14-6-9-7-15-12(13)20-9/h3-5,7,14,16H,6H2,1-2H3. The van der Waals surface area contributed by atoms with Gasteiger partial charge in [-0.1, -0.05) is 11.6 Å². The topological polar surface area (TPSA) is 80.3 Å². The molecule has 21 heavy (non-hydrogen) atoms. The molecule has 9 heteroatoms. The summed E-state index contributed by atoms with van der Waals surface area (Å²) < 4.78 is 30.7. The SMILES string of the molecule is COc1ccc(NCc2cnc(Cl)s2)cc1NS(C)(=O)=O. The van der Waals surface area contributed by atoms with Gasteiger partial charge in [0.05, 0.1) is 25.6 Å². The summed E-state index contributed by atoms with van der Waals surface area (Å²) in [5.74, 6) is 0.451. The molecular weight excluding hydrogens is 334 g/mol. The van der Waals surface area contributed by atoms with Crippen molar-refractivity contribution in [1.29, 1.82) is 0 Å². The monoisotopic (exact) mass is 347 g/mol. The molecule has 0 spiro atoms. The number of methoxy groups -OCH3 is 1. The molecule has 2 N–H and O–H groups in total. The van der Waals surface area contributed by atoms with Crippen LogP contribution in [0.5, 0.6) is 5.75 Å². The molecule has 114 valence electrons. The number of aromatic nitrogens is 1. The lowest BCUT2D eigenvalue weighted by atomic mass is 10.2. The molecule has 1 aromatic heterocycles. The number of sulfonamides is 1. The third-order valence-corrected chi connectivity index (χ3v) is 4.19. The average Bonchev–Trinajstić information content (AvgIpc) is 2.80. The van der Waals surface area contributed by atoms with E-state index in [1.165, 1.54) is 18.4 Å². The van der Waals surface area contributed by atoms with Crippen molar-refractivity contribution in [3.63, 3.8) is 0 Å². The van der Waals surface area contributed by atoms with Crippen LogP contribution in [0.4, 0.5) is 11.4 Å². The molecule has 0 radical (unpaired) electrons. The minimum Gasteiger partial charge on any atom is -0.495 e. The van der Waals surface area contributed by atoms with E-state index in [4.69, 9.17) is 16.3 Å². The van der Waals surface area contributed by atoms with E-state index in [1.54, 1.807) is 24.4 Å². The molecule has 2 aromatic rings. The molecule has 0 fully saturated rings. The Labute approximate surface area is 132 Å². The quantitative estimate of drug-likeness (QED) is 0.839. The fourth-order valence-electron chi connectivity index (χ4n) is 1.65. The van der Waals surface area contributed by atoms with Crippen molar-refractivity contribution in [2.75, 3.05) is 23.4 Å². The summed E-state index contributed by atoms with van der Waals surface area (Å²) >= 11 is 7.15. The minimum absolute atomic E-state index is 0.382. The van der Waals surface area contributed by atoms with E-state index < -0.39 is 10.0 Å². The van der Waals surface area contributed by atoms with Crippen molar-refractivity contribution in [3.05, 3.63) is 33.7 Å².